The molecule has 2 N–H and O–H groups in total. The van der Waals surface area contributed by atoms with Crippen LogP contribution in [0.3, 0.4) is 0 Å². The third-order valence-electron chi connectivity index (χ3n) is 4.39. The lowest BCUT2D eigenvalue weighted by Gasteiger charge is -2.34. The Hall–Kier alpha value is -0.570. The maximum Gasteiger partial charge on any atom is 0.237 e. The molecule has 1 saturated carbocycles. The van der Waals surface area contributed by atoms with E-state index in [1.54, 1.807) is 0 Å². The lowest BCUT2D eigenvalue weighted by molar-refractivity contribution is -0.125. The zero-order valence-corrected chi connectivity index (χ0v) is 11.2. The van der Waals surface area contributed by atoms with Gasteiger partial charge in [-0.05, 0) is 50.5 Å². The molecule has 0 radical (unpaired) electrons. The van der Waals surface area contributed by atoms with Crippen molar-refractivity contribution in [3.8, 4) is 0 Å². The molecule has 3 unspecified atom stereocenters. The van der Waals surface area contributed by atoms with E-state index in [1.807, 2.05) is 0 Å². The first kappa shape index (κ1) is 12.9. The third kappa shape index (κ3) is 3.44. The van der Waals surface area contributed by atoms with Crippen molar-refractivity contribution in [3.63, 3.8) is 0 Å². The summed E-state index contributed by atoms with van der Waals surface area (Å²) >= 11 is 0. The highest BCUT2D eigenvalue weighted by Gasteiger charge is 2.29. The van der Waals surface area contributed by atoms with Crippen molar-refractivity contribution in [2.45, 2.75) is 64.5 Å². The monoisotopic (exact) mass is 238 g/mol. The topological polar surface area (TPSA) is 41.1 Å². The lowest BCUT2D eigenvalue weighted by atomic mass is 9.80. The number of piperidine rings is 1. The fourth-order valence-corrected chi connectivity index (χ4v) is 3.24. The van der Waals surface area contributed by atoms with Crippen molar-refractivity contribution in [2.24, 2.45) is 11.8 Å². The molecule has 3 nitrogen and oxygen atoms in total. The van der Waals surface area contributed by atoms with E-state index in [1.165, 1.54) is 25.7 Å². The number of amides is 1. The van der Waals surface area contributed by atoms with Gasteiger partial charge in [0.05, 0.1) is 6.04 Å². The van der Waals surface area contributed by atoms with Crippen LogP contribution in [0.15, 0.2) is 0 Å². The molecule has 3 heteroatoms. The van der Waals surface area contributed by atoms with Gasteiger partial charge in [-0.3, -0.25) is 4.79 Å². The maximum atomic E-state index is 12.1. The molecule has 1 heterocycles. The predicted octanol–water partition coefficient (Wildman–Crippen LogP) is 2.07. The second-order valence-electron chi connectivity index (χ2n) is 6.01. The molecule has 17 heavy (non-hydrogen) atoms. The highest BCUT2D eigenvalue weighted by molar-refractivity contribution is 5.82. The second kappa shape index (κ2) is 5.85. The van der Waals surface area contributed by atoms with E-state index >= 15 is 0 Å². The zero-order chi connectivity index (χ0) is 12.3. The summed E-state index contributed by atoms with van der Waals surface area (Å²) in [6.07, 6.45) is 7.06. The zero-order valence-electron chi connectivity index (χ0n) is 11.2. The molecule has 1 aliphatic carbocycles. The Balaban J connectivity index is 1.81. The number of nitrogens with one attached hydrogen (secondary N) is 2. The molecule has 98 valence electrons. The quantitative estimate of drug-likeness (QED) is 0.773. The molecule has 0 aromatic rings. The van der Waals surface area contributed by atoms with Gasteiger partial charge in [-0.15, -0.1) is 0 Å². The van der Waals surface area contributed by atoms with E-state index in [4.69, 9.17) is 0 Å². The van der Waals surface area contributed by atoms with Crippen LogP contribution in [0, 0.1) is 11.8 Å². The number of hydrogen-bond acceptors (Lipinski definition) is 2. The molecule has 2 rings (SSSR count). The van der Waals surface area contributed by atoms with E-state index in [-0.39, 0.29) is 11.9 Å². The maximum absolute atomic E-state index is 12.1. The minimum atomic E-state index is 0.0651. The summed E-state index contributed by atoms with van der Waals surface area (Å²) in [6.45, 7) is 5.58. The van der Waals surface area contributed by atoms with Gasteiger partial charge >= 0.3 is 0 Å². The normalized spacial score (nSPS) is 38.7. The Morgan fingerprint density at radius 1 is 1.18 bits per heavy atom. The first-order chi connectivity index (χ1) is 8.16. The second-order valence-corrected chi connectivity index (χ2v) is 6.01. The Bertz CT molecular complexity index is 261. The number of hydrogen-bond donors (Lipinski definition) is 2. The molecule has 0 bridgehead atoms. The van der Waals surface area contributed by atoms with Crippen LogP contribution in [0.5, 0.6) is 0 Å². The van der Waals surface area contributed by atoms with Gasteiger partial charge in [0.25, 0.3) is 0 Å². The van der Waals surface area contributed by atoms with Gasteiger partial charge in [0.1, 0.15) is 0 Å². The highest BCUT2D eigenvalue weighted by atomic mass is 16.2. The summed E-state index contributed by atoms with van der Waals surface area (Å²) in [5, 5.41) is 6.58. The van der Waals surface area contributed by atoms with Crippen LogP contribution in [-0.4, -0.2) is 24.5 Å². The smallest absolute Gasteiger partial charge is 0.237 e. The van der Waals surface area contributed by atoms with Gasteiger partial charge in [0.2, 0.25) is 5.91 Å². The molecule has 2 fully saturated rings. The van der Waals surface area contributed by atoms with E-state index in [2.05, 4.69) is 24.5 Å². The van der Waals surface area contributed by atoms with Gasteiger partial charge in [-0.2, -0.15) is 0 Å². The van der Waals surface area contributed by atoms with E-state index in [0.717, 1.165) is 25.3 Å². The Morgan fingerprint density at radius 3 is 2.65 bits per heavy atom. The standard InChI is InChI=1S/C14H26N2O/c1-10-6-7-12(11(2)9-10)16-14(17)13-5-3-4-8-15-13/h10-13,15H,3-9H2,1-2H3,(H,16,17)/t10?,11?,12?,13-/m0/s1. The van der Waals surface area contributed by atoms with E-state index in [9.17, 15) is 4.79 Å². The molecular weight excluding hydrogens is 212 g/mol. The Kier molecular flexibility index (Phi) is 4.43. The van der Waals surface area contributed by atoms with Gasteiger partial charge in [0.15, 0.2) is 0 Å². The number of carbonyl (C=O) groups is 1. The molecule has 0 aromatic heterocycles. The average Bonchev–Trinajstić information content (AvgIpc) is 2.34. The first-order valence-corrected chi connectivity index (χ1v) is 7.20. The largest absolute Gasteiger partial charge is 0.352 e. The molecule has 1 amide bonds. The molecule has 0 aromatic carbocycles. The van der Waals surface area contributed by atoms with Crippen LogP contribution in [0.25, 0.3) is 0 Å². The lowest BCUT2D eigenvalue weighted by Crippen LogP contribution is -2.51. The van der Waals surface area contributed by atoms with Crippen molar-refractivity contribution < 1.29 is 4.79 Å². The van der Waals surface area contributed by atoms with Crippen LogP contribution < -0.4 is 10.6 Å². The van der Waals surface area contributed by atoms with E-state index in [0.29, 0.717) is 12.0 Å². The van der Waals surface area contributed by atoms with Gasteiger partial charge in [-0.25, -0.2) is 0 Å². The summed E-state index contributed by atoms with van der Waals surface area (Å²) in [5.74, 6) is 1.69. The SMILES string of the molecule is CC1CCC(NC(=O)[C@@H]2CCCCN2)C(C)C1. The van der Waals surface area contributed by atoms with Crippen molar-refractivity contribution in [2.75, 3.05) is 6.54 Å². The van der Waals surface area contributed by atoms with Gasteiger partial charge in [-0.1, -0.05) is 20.3 Å². The Morgan fingerprint density at radius 2 is 2.00 bits per heavy atom. The van der Waals surface area contributed by atoms with Crippen molar-refractivity contribution in [1.82, 2.24) is 10.6 Å². The third-order valence-corrected chi connectivity index (χ3v) is 4.39. The summed E-state index contributed by atoms with van der Waals surface area (Å²) in [4.78, 5) is 12.1. The molecule has 1 aliphatic heterocycles. The predicted molar refractivity (Wildman–Crippen MR) is 69.8 cm³/mol. The van der Waals surface area contributed by atoms with Crippen LogP contribution in [-0.2, 0) is 4.79 Å². The van der Waals surface area contributed by atoms with Crippen LogP contribution >= 0.6 is 0 Å². The van der Waals surface area contributed by atoms with Crippen molar-refractivity contribution >= 4 is 5.91 Å². The van der Waals surface area contributed by atoms with Gasteiger partial charge in [0, 0.05) is 6.04 Å². The molecule has 4 atom stereocenters. The molecule has 1 saturated heterocycles. The van der Waals surface area contributed by atoms with Crippen molar-refractivity contribution in [3.05, 3.63) is 0 Å². The first-order valence-electron chi connectivity index (χ1n) is 7.20. The minimum Gasteiger partial charge on any atom is -0.352 e. The molecular formula is C14H26N2O. The number of carbonyl (C=O) groups excluding carboxylic acids is 1. The molecule has 2 aliphatic rings. The van der Waals surface area contributed by atoms with Crippen LogP contribution in [0.1, 0.15) is 52.4 Å². The average molecular weight is 238 g/mol. The van der Waals surface area contributed by atoms with Crippen molar-refractivity contribution in [1.29, 1.82) is 0 Å². The number of rotatable bonds is 2. The summed E-state index contributed by atoms with van der Waals surface area (Å²) < 4.78 is 0. The fraction of sp³-hybridized carbons (Fsp3) is 0.929. The van der Waals surface area contributed by atoms with Crippen LogP contribution in [0.4, 0.5) is 0 Å². The summed E-state index contributed by atoms with van der Waals surface area (Å²) in [5.41, 5.74) is 0. The summed E-state index contributed by atoms with van der Waals surface area (Å²) in [6, 6.07) is 0.470. The highest BCUT2D eigenvalue weighted by Crippen LogP contribution is 2.28. The fourth-order valence-electron chi connectivity index (χ4n) is 3.24. The Labute approximate surface area is 105 Å². The minimum absolute atomic E-state index is 0.0651. The van der Waals surface area contributed by atoms with Crippen LogP contribution in [0.2, 0.25) is 0 Å². The summed E-state index contributed by atoms with van der Waals surface area (Å²) in [7, 11) is 0. The van der Waals surface area contributed by atoms with Gasteiger partial charge < -0.3 is 10.6 Å². The molecule has 0 spiro atoms. The van der Waals surface area contributed by atoms with E-state index < -0.39 is 0 Å².